The van der Waals surface area contributed by atoms with Gasteiger partial charge in [0.2, 0.25) is 5.91 Å². The van der Waals surface area contributed by atoms with Gasteiger partial charge in [0, 0.05) is 23.6 Å². The topological polar surface area (TPSA) is 196 Å². The number of halogens is 1. The Hall–Kier alpha value is -4.68. The molecule has 43 heavy (non-hydrogen) atoms. The zero-order chi connectivity index (χ0) is 32.3. The lowest BCUT2D eigenvalue weighted by atomic mass is 9.76. The summed E-state index contributed by atoms with van der Waals surface area (Å²) in [7, 11) is 0. The van der Waals surface area contributed by atoms with Gasteiger partial charge in [-0.1, -0.05) is 0 Å². The van der Waals surface area contributed by atoms with Gasteiger partial charge in [-0.25, -0.2) is 14.2 Å². The fraction of sp³-hybridized carbons (Fsp3) is 0.433. The Bertz CT molecular complexity index is 1420. The molecule has 13 heteroatoms. The summed E-state index contributed by atoms with van der Waals surface area (Å²) in [6.07, 6.45) is -0.537. The van der Waals surface area contributed by atoms with Crippen LogP contribution in [0.4, 0.5) is 10.1 Å². The van der Waals surface area contributed by atoms with Gasteiger partial charge in [-0.3, -0.25) is 14.4 Å². The average Bonchev–Trinajstić information content (AvgIpc) is 3.25. The predicted octanol–water partition coefficient (Wildman–Crippen LogP) is 3.22. The molecule has 0 saturated carbocycles. The number of guanidine groups is 1. The highest BCUT2D eigenvalue weighted by molar-refractivity contribution is 5.92. The second-order valence-corrected chi connectivity index (χ2v) is 12.1. The summed E-state index contributed by atoms with van der Waals surface area (Å²) in [5, 5.41) is 0. The van der Waals surface area contributed by atoms with Gasteiger partial charge in [-0.15, -0.1) is 0 Å². The summed E-state index contributed by atoms with van der Waals surface area (Å²) in [6.45, 7) is 9.61. The molecular formula is C30H37FN4O8. The van der Waals surface area contributed by atoms with Crippen molar-refractivity contribution in [3.8, 4) is 11.5 Å². The van der Waals surface area contributed by atoms with Crippen LogP contribution in [0.25, 0.3) is 0 Å². The maximum atomic E-state index is 15.6. The van der Waals surface area contributed by atoms with Crippen molar-refractivity contribution in [2.24, 2.45) is 34.0 Å². The van der Waals surface area contributed by atoms with Gasteiger partial charge in [0.25, 0.3) is 0 Å². The zero-order valence-corrected chi connectivity index (χ0v) is 24.9. The SMILES string of the molecule is CC(C)(C)OC(=O)CC(C(=O)OC(C)(C)C)[C@@H](C(N)=O)C1COc2cc(OC(=O)c3ccc(N=C(N)N)cc3)cc(F)c21. The van der Waals surface area contributed by atoms with E-state index < -0.39 is 65.0 Å². The van der Waals surface area contributed by atoms with Crippen LogP contribution in [-0.2, 0) is 23.9 Å². The number of carbonyl (C=O) groups is 4. The molecule has 232 valence electrons. The third-order valence-electron chi connectivity index (χ3n) is 6.14. The van der Waals surface area contributed by atoms with Crippen LogP contribution >= 0.6 is 0 Å². The molecule has 6 N–H and O–H groups in total. The lowest BCUT2D eigenvalue weighted by molar-refractivity contribution is -0.170. The molecule has 1 amide bonds. The molecule has 1 aliphatic heterocycles. The average molecular weight is 601 g/mol. The van der Waals surface area contributed by atoms with Crippen molar-refractivity contribution in [1.82, 2.24) is 0 Å². The number of benzene rings is 2. The first kappa shape index (κ1) is 32.8. The van der Waals surface area contributed by atoms with Crippen LogP contribution in [0.5, 0.6) is 11.5 Å². The number of nitrogens with zero attached hydrogens (tertiary/aromatic N) is 1. The van der Waals surface area contributed by atoms with Gasteiger partial charge in [-0.05, 0) is 65.8 Å². The number of carbonyl (C=O) groups excluding carboxylic acids is 4. The molecule has 3 atom stereocenters. The third kappa shape index (κ3) is 8.90. The minimum Gasteiger partial charge on any atom is -0.492 e. The molecule has 2 aromatic rings. The highest BCUT2D eigenvalue weighted by Gasteiger charge is 2.47. The Morgan fingerprint density at radius 2 is 1.58 bits per heavy atom. The maximum absolute atomic E-state index is 15.6. The molecule has 2 unspecified atom stereocenters. The van der Waals surface area contributed by atoms with Gasteiger partial charge in [-0.2, -0.15) is 0 Å². The molecule has 0 aromatic heterocycles. The van der Waals surface area contributed by atoms with E-state index in [9.17, 15) is 19.2 Å². The van der Waals surface area contributed by atoms with E-state index in [1.165, 1.54) is 30.3 Å². The fourth-order valence-corrected chi connectivity index (χ4v) is 4.61. The van der Waals surface area contributed by atoms with Crippen molar-refractivity contribution in [2.45, 2.75) is 65.1 Å². The molecule has 0 radical (unpaired) electrons. The molecule has 2 aromatic carbocycles. The second-order valence-electron chi connectivity index (χ2n) is 12.1. The van der Waals surface area contributed by atoms with E-state index in [-0.39, 0.29) is 35.2 Å². The van der Waals surface area contributed by atoms with Crippen LogP contribution < -0.4 is 26.7 Å². The van der Waals surface area contributed by atoms with Crippen molar-refractivity contribution in [3.63, 3.8) is 0 Å². The lowest BCUT2D eigenvalue weighted by Gasteiger charge is -2.30. The highest BCUT2D eigenvalue weighted by atomic mass is 19.1. The van der Waals surface area contributed by atoms with Crippen molar-refractivity contribution in [2.75, 3.05) is 6.61 Å². The quantitative estimate of drug-likeness (QED) is 0.166. The number of hydrogen-bond acceptors (Lipinski definition) is 9. The minimum atomic E-state index is -1.40. The Morgan fingerprint density at radius 3 is 2.12 bits per heavy atom. The first-order chi connectivity index (χ1) is 19.8. The first-order valence-electron chi connectivity index (χ1n) is 13.5. The number of hydrogen-bond donors (Lipinski definition) is 3. The molecule has 0 fully saturated rings. The summed E-state index contributed by atoms with van der Waals surface area (Å²) < 4.78 is 37.5. The van der Waals surface area contributed by atoms with Gasteiger partial charge < -0.3 is 36.1 Å². The number of amides is 1. The molecule has 1 heterocycles. The summed E-state index contributed by atoms with van der Waals surface area (Å²) in [6, 6.07) is 8.10. The molecule has 0 saturated heterocycles. The predicted molar refractivity (Wildman–Crippen MR) is 154 cm³/mol. The lowest BCUT2D eigenvalue weighted by Crippen LogP contribution is -2.43. The van der Waals surface area contributed by atoms with Gasteiger partial charge in [0.15, 0.2) is 5.96 Å². The van der Waals surface area contributed by atoms with Crippen LogP contribution in [-0.4, -0.2) is 47.6 Å². The van der Waals surface area contributed by atoms with Crippen molar-refractivity contribution in [1.29, 1.82) is 0 Å². The molecule has 0 spiro atoms. The van der Waals surface area contributed by atoms with Crippen LogP contribution in [0.15, 0.2) is 41.4 Å². The molecule has 0 aliphatic carbocycles. The largest absolute Gasteiger partial charge is 0.492 e. The Labute approximate surface area is 248 Å². The van der Waals surface area contributed by atoms with Crippen molar-refractivity contribution in [3.05, 3.63) is 53.3 Å². The number of esters is 3. The van der Waals surface area contributed by atoms with Crippen LogP contribution in [0.2, 0.25) is 0 Å². The fourth-order valence-electron chi connectivity index (χ4n) is 4.61. The first-order valence-corrected chi connectivity index (χ1v) is 13.5. The van der Waals surface area contributed by atoms with Gasteiger partial charge in [0.05, 0.1) is 36.1 Å². The number of ether oxygens (including phenoxy) is 4. The highest BCUT2D eigenvalue weighted by Crippen LogP contribution is 2.45. The number of aliphatic imine (C=N–C) groups is 1. The normalized spacial score (nSPS) is 15.7. The molecule has 0 bridgehead atoms. The van der Waals surface area contributed by atoms with Crippen molar-refractivity contribution < 1.29 is 42.5 Å². The van der Waals surface area contributed by atoms with E-state index in [1.54, 1.807) is 41.5 Å². The van der Waals surface area contributed by atoms with Crippen LogP contribution in [0, 0.1) is 17.7 Å². The van der Waals surface area contributed by atoms with E-state index in [4.69, 9.17) is 36.1 Å². The standard InChI is InChI=1S/C30H37FN4O8/c1-29(2,3)42-22(36)13-18(27(39)43-30(4,5)6)23(25(32)37)19-14-40-21-12-17(11-20(31)24(19)21)41-26(38)15-7-9-16(10-8-15)35-28(33)34/h7-12,18-19,23H,13-14H2,1-6H3,(H2,32,37)(H4,33,34,35)/t18?,19?,23-/m1/s1. The van der Waals surface area contributed by atoms with Crippen molar-refractivity contribution >= 4 is 35.5 Å². The molecule has 12 nitrogen and oxygen atoms in total. The van der Waals surface area contributed by atoms with Gasteiger partial charge >= 0.3 is 17.9 Å². The number of primary amides is 1. The van der Waals surface area contributed by atoms with E-state index in [0.717, 1.165) is 6.07 Å². The molecule has 1 aliphatic rings. The Kier molecular flexibility index (Phi) is 9.68. The molecule has 3 rings (SSSR count). The minimum absolute atomic E-state index is 0.0117. The number of rotatable bonds is 9. The van der Waals surface area contributed by atoms with Crippen LogP contribution in [0.1, 0.15) is 69.8 Å². The molecular weight excluding hydrogens is 563 g/mol. The monoisotopic (exact) mass is 600 g/mol. The Balaban J connectivity index is 1.91. The van der Waals surface area contributed by atoms with Crippen LogP contribution in [0.3, 0.4) is 0 Å². The summed E-state index contributed by atoms with van der Waals surface area (Å²) >= 11 is 0. The summed E-state index contributed by atoms with van der Waals surface area (Å²) in [5.41, 5.74) is 15.1. The number of nitrogens with two attached hydrogens (primary N) is 3. The van der Waals surface area contributed by atoms with E-state index in [1.807, 2.05) is 0 Å². The summed E-state index contributed by atoms with van der Waals surface area (Å²) in [4.78, 5) is 55.4. The zero-order valence-electron chi connectivity index (χ0n) is 24.9. The smallest absolute Gasteiger partial charge is 0.343 e. The third-order valence-corrected chi connectivity index (χ3v) is 6.14. The Morgan fingerprint density at radius 1 is 0.977 bits per heavy atom. The summed E-state index contributed by atoms with van der Waals surface area (Å²) in [5.74, 6) is -8.41. The van der Waals surface area contributed by atoms with E-state index >= 15 is 4.39 Å². The van der Waals surface area contributed by atoms with Gasteiger partial charge in [0.1, 0.15) is 28.5 Å². The maximum Gasteiger partial charge on any atom is 0.343 e. The number of fused-ring (bicyclic) bond motifs is 1. The second kappa shape index (κ2) is 12.7. The van der Waals surface area contributed by atoms with E-state index in [0.29, 0.717) is 5.69 Å². The van der Waals surface area contributed by atoms with E-state index in [2.05, 4.69) is 4.99 Å².